The van der Waals surface area contributed by atoms with Gasteiger partial charge in [-0.2, -0.15) is 0 Å². The van der Waals surface area contributed by atoms with Crippen molar-refractivity contribution in [1.29, 1.82) is 0 Å². The first-order valence-corrected chi connectivity index (χ1v) is 10.3. The topological polar surface area (TPSA) is 36.0 Å². The molecule has 0 radical (unpaired) electrons. The van der Waals surface area contributed by atoms with Crippen LogP contribution in [0.4, 0.5) is 10.1 Å². The summed E-state index contributed by atoms with van der Waals surface area (Å²) in [5.41, 5.74) is 1.69. The summed E-state index contributed by atoms with van der Waals surface area (Å²) < 4.78 is 19.5. The monoisotopic (exact) mass is 397 g/mol. The van der Waals surface area contributed by atoms with Gasteiger partial charge in [0, 0.05) is 44.3 Å². The van der Waals surface area contributed by atoms with E-state index in [9.17, 15) is 9.18 Å². The molecule has 0 aromatic heterocycles. The first-order valence-electron chi connectivity index (χ1n) is 10.3. The van der Waals surface area contributed by atoms with Crippen LogP contribution in [0, 0.1) is 5.82 Å². The summed E-state index contributed by atoms with van der Waals surface area (Å²) in [5.74, 6) is 0.736. The maximum atomic E-state index is 14.1. The lowest BCUT2D eigenvalue weighted by Crippen LogP contribution is -2.50. The average Bonchev–Trinajstić information content (AvgIpc) is 3.59. The third-order valence-corrected chi connectivity index (χ3v) is 5.76. The Labute approximate surface area is 171 Å². The Kier molecular flexibility index (Phi) is 6.00. The Hall–Kier alpha value is -2.60. The highest BCUT2D eigenvalue weighted by molar-refractivity contribution is 5.79. The van der Waals surface area contributed by atoms with Gasteiger partial charge in [0.05, 0.1) is 19.3 Å². The first kappa shape index (κ1) is 19.7. The molecule has 1 amide bonds. The molecule has 4 rings (SSSR count). The van der Waals surface area contributed by atoms with E-state index in [0.29, 0.717) is 18.7 Å². The smallest absolute Gasteiger partial charge is 0.237 e. The van der Waals surface area contributed by atoms with Gasteiger partial charge in [0.15, 0.2) is 0 Å². The number of ether oxygens (including phenoxy) is 1. The fourth-order valence-electron chi connectivity index (χ4n) is 3.94. The second-order valence-electron chi connectivity index (χ2n) is 7.78. The molecule has 1 aliphatic carbocycles. The van der Waals surface area contributed by atoms with Crippen molar-refractivity contribution in [3.05, 3.63) is 59.9 Å². The van der Waals surface area contributed by atoms with Crippen LogP contribution in [0.2, 0.25) is 0 Å². The number of hydrogen-bond acceptors (Lipinski definition) is 4. The van der Waals surface area contributed by atoms with Crippen molar-refractivity contribution in [1.82, 2.24) is 9.80 Å². The lowest BCUT2D eigenvalue weighted by molar-refractivity contribution is -0.133. The minimum Gasteiger partial charge on any atom is -0.495 e. The number of amides is 1. The van der Waals surface area contributed by atoms with Gasteiger partial charge >= 0.3 is 0 Å². The molecule has 0 spiro atoms. The molecule has 0 N–H and O–H groups in total. The predicted molar refractivity (Wildman–Crippen MR) is 112 cm³/mol. The number of anilines is 1. The molecular weight excluding hydrogens is 369 g/mol. The zero-order valence-electron chi connectivity index (χ0n) is 16.9. The first-order chi connectivity index (χ1) is 14.2. The van der Waals surface area contributed by atoms with Gasteiger partial charge in [-0.3, -0.25) is 9.69 Å². The Morgan fingerprint density at radius 1 is 1.07 bits per heavy atom. The van der Waals surface area contributed by atoms with Crippen molar-refractivity contribution in [2.75, 3.05) is 44.7 Å². The summed E-state index contributed by atoms with van der Waals surface area (Å²) in [6.45, 7) is 4.10. The molecular formula is C23H28FN3O2. The van der Waals surface area contributed by atoms with E-state index in [4.69, 9.17) is 4.74 Å². The third-order valence-electron chi connectivity index (χ3n) is 5.76. The molecule has 1 saturated carbocycles. The summed E-state index contributed by atoms with van der Waals surface area (Å²) >= 11 is 0. The number of para-hydroxylation sites is 2. The van der Waals surface area contributed by atoms with E-state index in [0.717, 1.165) is 50.5 Å². The lowest BCUT2D eigenvalue weighted by atomic mass is 10.2. The van der Waals surface area contributed by atoms with Crippen LogP contribution in [-0.2, 0) is 11.3 Å². The van der Waals surface area contributed by atoms with E-state index in [1.54, 1.807) is 19.2 Å². The highest BCUT2D eigenvalue weighted by atomic mass is 19.1. The summed E-state index contributed by atoms with van der Waals surface area (Å²) in [7, 11) is 1.69. The molecule has 6 heteroatoms. The van der Waals surface area contributed by atoms with Crippen molar-refractivity contribution in [2.45, 2.75) is 25.4 Å². The predicted octanol–water partition coefficient (Wildman–Crippen LogP) is 3.15. The van der Waals surface area contributed by atoms with Crippen LogP contribution in [0.3, 0.4) is 0 Å². The fourth-order valence-corrected chi connectivity index (χ4v) is 3.94. The fraction of sp³-hybridized carbons (Fsp3) is 0.435. The van der Waals surface area contributed by atoms with Crippen LogP contribution in [0.25, 0.3) is 0 Å². The number of rotatable bonds is 7. The summed E-state index contributed by atoms with van der Waals surface area (Å²) in [4.78, 5) is 19.4. The minimum absolute atomic E-state index is 0.0986. The van der Waals surface area contributed by atoms with Gasteiger partial charge in [-0.1, -0.05) is 30.3 Å². The molecule has 1 saturated heterocycles. The number of carbonyl (C=O) groups excluding carboxylic acids is 1. The highest BCUT2D eigenvalue weighted by Gasteiger charge is 2.34. The molecule has 29 heavy (non-hydrogen) atoms. The van der Waals surface area contributed by atoms with Crippen molar-refractivity contribution in [3.63, 3.8) is 0 Å². The van der Waals surface area contributed by atoms with Crippen LogP contribution in [0.15, 0.2) is 48.5 Å². The van der Waals surface area contributed by atoms with Gasteiger partial charge in [-0.25, -0.2) is 4.39 Å². The van der Waals surface area contributed by atoms with Crippen molar-refractivity contribution in [3.8, 4) is 5.75 Å². The van der Waals surface area contributed by atoms with E-state index in [2.05, 4.69) is 15.9 Å². The number of piperazine rings is 1. The number of hydrogen-bond donors (Lipinski definition) is 0. The SMILES string of the molecule is COc1ccccc1N1CCN(CC(=O)N(Cc2ccccc2F)C2CC2)CC1. The Morgan fingerprint density at radius 3 is 2.45 bits per heavy atom. The molecule has 0 unspecified atom stereocenters. The summed E-state index contributed by atoms with van der Waals surface area (Å²) in [6.07, 6.45) is 2.03. The van der Waals surface area contributed by atoms with Gasteiger partial charge in [0.2, 0.25) is 5.91 Å². The summed E-state index contributed by atoms with van der Waals surface area (Å²) in [5, 5.41) is 0. The molecule has 2 fully saturated rings. The molecule has 0 bridgehead atoms. The van der Waals surface area contributed by atoms with Crippen LogP contribution in [0.1, 0.15) is 18.4 Å². The van der Waals surface area contributed by atoms with E-state index < -0.39 is 0 Å². The number of benzene rings is 2. The standard InChI is InChI=1S/C23H28FN3O2/c1-29-22-9-5-4-8-21(22)26-14-12-25(13-15-26)17-23(28)27(19-10-11-19)16-18-6-2-3-7-20(18)24/h2-9,19H,10-17H2,1H3. The highest BCUT2D eigenvalue weighted by Crippen LogP contribution is 2.30. The molecule has 2 aromatic carbocycles. The maximum absolute atomic E-state index is 14.1. The van der Waals surface area contributed by atoms with Gasteiger partial charge in [-0.15, -0.1) is 0 Å². The third kappa shape index (κ3) is 4.70. The van der Waals surface area contributed by atoms with Crippen molar-refractivity contribution >= 4 is 11.6 Å². The largest absolute Gasteiger partial charge is 0.495 e. The van der Waals surface area contributed by atoms with Crippen LogP contribution >= 0.6 is 0 Å². The van der Waals surface area contributed by atoms with Crippen molar-refractivity contribution in [2.24, 2.45) is 0 Å². The van der Waals surface area contributed by atoms with E-state index in [1.807, 2.05) is 29.2 Å². The number of halogens is 1. The molecule has 5 nitrogen and oxygen atoms in total. The molecule has 2 aliphatic rings. The zero-order valence-corrected chi connectivity index (χ0v) is 16.9. The molecule has 1 heterocycles. The lowest BCUT2D eigenvalue weighted by Gasteiger charge is -2.37. The van der Waals surface area contributed by atoms with Crippen LogP contribution in [-0.4, -0.2) is 61.6 Å². The van der Waals surface area contributed by atoms with Crippen LogP contribution < -0.4 is 9.64 Å². The summed E-state index contributed by atoms with van der Waals surface area (Å²) in [6, 6.07) is 15.0. The van der Waals surface area contributed by atoms with Gasteiger partial charge in [0.1, 0.15) is 11.6 Å². The van der Waals surface area contributed by atoms with Gasteiger partial charge < -0.3 is 14.5 Å². The number of methoxy groups -OCH3 is 1. The zero-order chi connectivity index (χ0) is 20.2. The second-order valence-corrected chi connectivity index (χ2v) is 7.78. The Bertz CT molecular complexity index is 848. The normalized spacial score (nSPS) is 17.2. The number of nitrogens with zero attached hydrogens (tertiary/aromatic N) is 3. The van der Waals surface area contributed by atoms with E-state index >= 15 is 0 Å². The Morgan fingerprint density at radius 2 is 1.76 bits per heavy atom. The van der Waals surface area contributed by atoms with Crippen LogP contribution in [0.5, 0.6) is 5.75 Å². The van der Waals surface area contributed by atoms with E-state index in [-0.39, 0.29) is 17.8 Å². The quantitative estimate of drug-likeness (QED) is 0.719. The average molecular weight is 397 g/mol. The second kappa shape index (κ2) is 8.82. The number of carbonyl (C=O) groups is 1. The Balaban J connectivity index is 1.34. The molecule has 1 aliphatic heterocycles. The molecule has 2 aromatic rings. The van der Waals surface area contributed by atoms with Crippen molar-refractivity contribution < 1.29 is 13.9 Å². The minimum atomic E-state index is -0.239. The molecule has 154 valence electrons. The van der Waals surface area contributed by atoms with E-state index in [1.165, 1.54) is 6.07 Å². The molecule has 0 atom stereocenters. The van der Waals surface area contributed by atoms with Gasteiger partial charge in [0.25, 0.3) is 0 Å². The maximum Gasteiger partial charge on any atom is 0.237 e. The van der Waals surface area contributed by atoms with Gasteiger partial charge in [-0.05, 0) is 31.0 Å².